The number of anilines is 1. The van der Waals surface area contributed by atoms with Crippen molar-refractivity contribution in [1.29, 1.82) is 0 Å². The van der Waals surface area contributed by atoms with Crippen molar-refractivity contribution in [2.24, 2.45) is 0 Å². The Balaban J connectivity index is 1.27. The summed E-state index contributed by atoms with van der Waals surface area (Å²) < 4.78 is 37.4. The van der Waals surface area contributed by atoms with Crippen molar-refractivity contribution in [2.45, 2.75) is 43.1 Å². The van der Waals surface area contributed by atoms with Crippen LogP contribution in [0.15, 0.2) is 48.7 Å². The lowest BCUT2D eigenvalue weighted by Gasteiger charge is -2.34. The number of phenolic OH excluding ortho intramolecular Hbond substituents is 1. The van der Waals surface area contributed by atoms with Gasteiger partial charge in [-0.15, -0.1) is 6.42 Å². The molecule has 4 atom stereocenters. The van der Waals surface area contributed by atoms with Gasteiger partial charge in [-0.3, -0.25) is 9.88 Å². The van der Waals surface area contributed by atoms with Gasteiger partial charge >= 0.3 is 6.01 Å². The molecular weight excluding hydrogens is 550 g/mol. The van der Waals surface area contributed by atoms with E-state index in [9.17, 15) is 9.50 Å². The second-order valence-corrected chi connectivity index (χ2v) is 12.1. The molecule has 4 aromatic rings. The molecule has 10 heteroatoms. The number of piperazine rings is 1. The minimum Gasteiger partial charge on any atom is -0.508 e. The predicted molar refractivity (Wildman–Crippen MR) is 160 cm³/mol. The van der Waals surface area contributed by atoms with E-state index in [2.05, 4.69) is 43.2 Å². The highest BCUT2D eigenvalue weighted by Crippen LogP contribution is 2.41. The number of aromatic hydroxyl groups is 1. The SMILES string of the molecule is C#Cc1cccc2cc(O)cc(-c3ncc4c(N5C[C@H]6C=C[C@@H](C5)N6)nc(OC[C@@]56CCCN5C[C@H](F)C6)nc4c3F)c12. The second kappa shape index (κ2) is 9.86. The third kappa shape index (κ3) is 4.29. The first-order chi connectivity index (χ1) is 20.9. The summed E-state index contributed by atoms with van der Waals surface area (Å²) in [7, 11) is 0. The van der Waals surface area contributed by atoms with E-state index in [4.69, 9.17) is 16.1 Å². The molecule has 0 amide bonds. The summed E-state index contributed by atoms with van der Waals surface area (Å²) in [5.41, 5.74) is 0.618. The topological polar surface area (TPSA) is 86.6 Å². The molecule has 4 aliphatic heterocycles. The number of nitrogens with zero attached hydrogens (tertiary/aromatic N) is 5. The normalized spacial score (nSPS) is 26.3. The van der Waals surface area contributed by atoms with Gasteiger partial charge in [-0.1, -0.05) is 30.2 Å². The molecular formula is C33H30F2N6O2. The number of pyridine rings is 1. The zero-order chi connectivity index (χ0) is 29.3. The summed E-state index contributed by atoms with van der Waals surface area (Å²) in [6, 6.07) is 8.80. The van der Waals surface area contributed by atoms with Gasteiger partial charge in [0.15, 0.2) is 5.82 Å². The third-order valence-electron chi connectivity index (χ3n) is 9.38. The number of terminal acetylenes is 1. The Morgan fingerprint density at radius 3 is 2.81 bits per heavy atom. The van der Waals surface area contributed by atoms with Crippen LogP contribution >= 0.6 is 0 Å². The van der Waals surface area contributed by atoms with Gasteiger partial charge in [0, 0.05) is 60.8 Å². The largest absolute Gasteiger partial charge is 0.508 e. The van der Waals surface area contributed by atoms with Crippen LogP contribution in [0.2, 0.25) is 0 Å². The number of hydrogen-bond donors (Lipinski definition) is 2. The number of aromatic nitrogens is 3. The van der Waals surface area contributed by atoms with Crippen molar-refractivity contribution >= 4 is 27.5 Å². The molecule has 0 saturated carbocycles. The maximum atomic E-state index is 16.7. The number of nitrogens with one attached hydrogen (secondary N) is 1. The van der Waals surface area contributed by atoms with Gasteiger partial charge in [-0.05, 0) is 43.0 Å². The Morgan fingerprint density at radius 2 is 2.00 bits per heavy atom. The van der Waals surface area contributed by atoms with E-state index >= 15 is 4.39 Å². The number of fused-ring (bicyclic) bond motifs is 5. The summed E-state index contributed by atoms with van der Waals surface area (Å²) in [6.07, 6.45) is 13.0. The molecule has 218 valence electrons. The Morgan fingerprint density at radius 1 is 1.16 bits per heavy atom. The van der Waals surface area contributed by atoms with Crippen LogP contribution in [0.3, 0.4) is 0 Å². The van der Waals surface area contributed by atoms with Crippen LogP contribution in [0.1, 0.15) is 24.8 Å². The van der Waals surface area contributed by atoms with E-state index in [1.165, 1.54) is 6.07 Å². The Kier molecular flexibility index (Phi) is 6.03. The molecule has 2 bridgehead atoms. The fourth-order valence-corrected chi connectivity index (χ4v) is 7.49. The van der Waals surface area contributed by atoms with E-state index in [0.717, 1.165) is 19.4 Å². The summed E-state index contributed by atoms with van der Waals surface area (Å²) in [5, 5.41) is 15.8. The maximum absolute atomic E-state index is 16.7. The second-order valence-electron chi connectivity index (χ2n) is 12.1. The molecule has 0 spiro atoms. The van der Waals surface area contributed by atoms with Crippen molar-refractivity contribution in [3.8, 4) is 35.4 Å². The summed E-state index contributed by atoms with van der Waals surface area (Å²) in [5.74, 6) is 2.52. The van der Waals surface area contributed by atoms with Crippen molar-refractivity contribution in [3.05, 3.63) is 60.1 Å². The quantitative estimate of drug-likeness (QED) is 0.266. The van der Waals surface area contributed by atoms with Crippen LogP contribution in [0.5, 0.6) is 11.8 Å². The third-order valence-corrected chi connectivity index (χ3v) is 9.38. The number of benzene rings is 2. The molecule has 2 N–H and O–H groups in total. The monoisotopic (exact) mass is 580 g/mol. The molecule has 0 aliphatic carbocycles. The average Bonchev–Trinajstić information content (AvgIpc) is 3.65. The van der Waals surface area contributed by atoms with Gasteiger partial charge in [-0.25, -0.2) is 8.78 Å². The molecule has 3 fully saturated rings. The van der Waals surface area contributed by atoms with E-state index in [1.807, 2.05) is 6.07 Å². The zero-order valence-electron chi connectivity index (χ0n) is 23.4. The van der Waals surface area contributed by atoms with Crippen LogP contribution in [0, 0.1) is 18.2 Å². The zero-order valence-corrected chi connectivity index (χ0v) is 23.4. The lowest BCUT2D eigenvalue weighted by molar-refractivity contribution is 0.107. The molecule has 4 aliphatic rings. The van der Waals surface area contributed by atoms with Gasteiger partial charge < -0.3 is 20.1 Å². The molecule has 8 nitrogen and oxygen atoms in total. The Hall–Kier alpha value is -4.33. The Bertz CT molecular complexity index is 1840. The van der Waals surface area contributed by atoms with Gasteiger partial charge in [0.25, 0.3) is 0 Å². The first kappa shape index (κ1) is 26.3. The molecule has 3 saturated heterocycles. The van der Waals surface area contributed by atoms with Crippen molar-refractivity contribution < 1.29 is 18.6 Å². The van der Waals surface area contributed by atoms with E-state index < -0.39 is 17.5 Å². The van der Waals surface area contributed by atoms with Gasteiger partial charge in [-0.2, -0.15) is 9.97 Å². The van der Waals surface area contributed by atoms with E-state index in [0.29, 0.717) is 59.2 Å². The number of hydrogen-bond acceptors (Lipinski definition) is 8. The summed E-state index contributed by atoms with van der Waals surface area (Å²) in [4.78, 5) is 18.2. The van der Waals surface area contributed by atoms with Crippen LogP contribution in [-0.4, -0.2) is 81.5 Å². The van der Waals surface area contributed by atoms with Crippen LogP contribution in [-0.2, 0) is 0 Å². The van der Waals surface area contributed by atoms with E-state index in [1.54, 1.807) is 24.4 Å². The molecule has 8 rings (SSSR count). The lowest BCUT2D eigenvalue weighted by Crippen LogP contribution is -2.52. The number of rotatable bonds is 5. The summed E-state index contributed by atoms with van der Waals surface area (Å²) >= 11 is 0. The smallest absolute Gasteiger partial charge is 0.319 e. The molecule has 2 aromatic heterocycles. The molecule has 0 unspecified atom stereocenters. The molecule has 0 radical (unpaired) electrons. The lowest BCUT2D eigenvalue weighted by atomic mass is 9.95. The van der Waals surface area contributed by atoms with Crippen molar-refractivity contribution in [1.82, 2.24) is 25.2 Å². The predicted octanol–water partition coefficient (Wildman–Crippen LogP) is 4.34. The average molecular weight is 581 g/mol. The van der Waals surface area contributed by atoms with Crippen molar-refractivity contribution in [2.75, 3.05) is 37.7 Å². The number of alkyl halides is 1. The minimum absolute atomic E-state index is 0.0189. The fraction of sp³-hybridized carbons (Fsp3) is 0.364. The highest BCUT2D eigenvalue weighted by Gasteiger charge is 2.49. The fourth-order valence-electron chi connectivity index (χ4n) is 7.49. The van der Waals surface area contributed by atoms with Gasteiger partial charge in [0.2, 0.25) is 0 Å². The van der Waals surface area contributed by atoms with Gasteiger partial charge in [0.1, 0.15) is 35.6 Å². The number of ether oxygens (including phenoxy) is 1. The van der Waals surface area contributed by atoms with Crippen molar-refractivity contribution in [3.63, 3.8) is 0 Å². The van der Waals surface area contributed by atoms with Gasteiger partial charge in [0.05, 0.1) is 10.9 Å². The van der Waals surface area contributed by atoms with Crippen LogP contribution < -0.4 is 15.0 Å². The molecule has 2 aromatic carbocycles. The van der Waals surface area contributed by atoms with Crippen LogP contribution in [0.25, 0.3) is 32.9 Å². The number of phenols is 1. The van der Waals surface area contributed by atoms with Crippen LogP contribution in [0.4, 0.5) is 14.6 Å². The first-order valence-corrected chi connectivity index (χ1v) is 14.7. The maximum Gasteiger partial charge on any atom is 0.319 e. The highest BCUT2D eigenvalue weighted by molar-refractivity contribution is 6.02. The first-order valence-electron chi connectivity index (χ1n) is 14.7. The minimum atomic E-state index is -0.892. The summed E-state index contributed by atoms with van der Waals surface area (Å²) in [6.45, 7) is 2.77. The number of halogens is 2. The van der Waals surface area contributed by atoms with E-state index in [-0.39, 0.29) is 41.7 Å². The molecule has 43 heavy (non-hydrogen) atoms. The molecule has 6 heterocycles. The highest BCUT2D eigenvalue weighted by atomic mass is 19.1. The Labute approximate surface area is 247 Å². The standard InChI is InChI=1S/C33H30F2N6O2/c1-2-19-5-3-6-20-11-24(42)12-25(27(19)20)29-28(35)30-26(14-36-29)31(40-16-22-7-8-23(17-40)37-22)39-32(38-30)43-18-33-9-4-10-41(33)15-21(34)13-33/h1,3,5-8,11-12,14,21-23,37,42H,4,9-10,13,15-18H2/t21-,22-,23+,33+/m1/s1.